The zero-order chi connectivity index (χ0) is 11.4. The summed E-state index contributed by atoms with van der Waals surface area (Å²) in [7, 11) is 3.28. The number of nitrogens with zero attached hydrogens (tertiary/aromatic N) is 2. The first-order valence-corrected chi connectivity index (χ1v) is 4.85. The zero-order valence-electron chi connectivity index (χ0n) is 9.57. The molecule has 0 saturated carbocycles. The molecule has 84 valence electrons. The van der Waals surface area contributed by atoms with Gasteiger partial charge in [-0.25, -0.2) is 0 Å². The third kappa shape index (κ3) is 2.79. The monoisotopic (exact) mass is 211 g/mol. The van der Waals surface area contributed by atoms with E-state index in [1.807, 2.05) is 14.0 Å². The topological polar surface area (TPSA) is 56.1 Å². The van der Waals surface area contributed by atoms with E-state index in [0.29, 0.717) is 6.54 Å². The summed E-state index contributed by atoms with van der Waals surface area (Å²) in [6.45, 7) is 4.39. The minimum Gasteiger partial charge on any atom is -0.468 e. The second-order valence-electron chi connectivity index (χ2n) is 3.50. The Hall–Kier alpha value is -1.36. The first-order chi connectivity index (χ1) is 7.06. The maximum Gasteiger partial charge on any atom is 0.322 e. The molecule has 5 heteroatoms. The van der Waals surface area contributed by atoms with Gasteiger partial charge in [-0.1, -0.05) is 0 Å². The Morgan fingerprint density at radius 1 is 1.73 bits per heavy atom. The molecule has 0 aliphatic heterocycles. The van der Waals surface area contributed by atoms with Crippen molar-refractivity contribution in [1.29, 1.82) is 0 Å². The van der Waals surface area contributed by atoms with E-state index in [9.17, 15) is 4.79 Å². The molecule has 15 heavy (non-hydrogen) atoms. The van der Waals surface area contributed by atoms with Crippen molar-refractivity contribution in [3.05, 3.63) is 17.5 Å². The zero-order valence-corrected chi connectivity index (χ0v) is 9.57. The summed E-state index contributed by atoms with van der Waals surface area (Å²) in [6, 6.07) is -0.297. The molecule has 1 aromatic heterocycles. The molecule has 1 atom stereocenters. The molecule has 0 aromatic carbocycles. The van der Waals surface area contributed by atoms with E-state index in [2.05, 4.69) is 15.2 Å². The molecule has 0 aliphatic carbocycles. The van der Waals surface area contributed by atoms with Gasteiger partial charge in [0.25, 0.3) is 0 Å². The quantitative estimate of drug-likeness (QED) is 0.731. The van der Waals surface area contributed by atoms with Crippen molar-refractivity contribution in [2.75, 3.05) is 7.11 Å². The van der Waals surface area contributed by atoms with Gasteiger partial charge in [-0.15, -0.1) is 0 Å². The third-order valence-corrected chi connectivity index (χ3v) is 2.49. The Morgan fingerprint density at radius 2 is 2.40 bits per heavy atom. The lowest BCUT2D eigenvalue weighted by molar-refractivity contribution is -0.142. The number of carbonyl (C=O) groups excluding carboxylic acids is 1. The van der Waals surface area contributed by atoms with Gasteiger partial charge >= 0.3 is 5.97 Å². The van der Waals surface area contributed by atoms with Gasteiger partial charge in [-0.2, -0.15) is 5.10 Å². The summed E-state index contributed by atoms with van der Waals surface area (Å²) in [5.41, 5.74) is 2.19. The maximum atomic E-state index is 11.1. The van der Waals surface area contributed by atoms with E-state index in [-0.39, 0.29) is 12.0 Å². The van der Waals surface area contributed by atoms with Crippen LogP contribution in [-0.4, -0.2) is 28.9 Å². The Kier molecular flexibility index (Phi) is 3.85. The summed E-state index contributed by atoms with van der Waals surface area (Å²) < 4.78 is 6.42. The first-order valence-electron chi connectivity index (χ1n) is 4.85. The van der Waals surface area contributed by atoms with Crippen LogP contribution in [0.25, 0.3) is 0 Å². The van der Waals surface area contributed by atoms with E-state index < -0.39 is 0 Å². The molecule has 0 unspecified atom stereocenters. The number of carbonyl (C=O) groups is 1. The number of aryl methyl sites for hydroxylation is 1. The molecule has 0 bridgehead atoms. The fraction of sp³-hybridized carbons (Fsp3) is 0.600. The van der Waals surface area contributed by atoms with E-state index >= 15 is 0 Å². The lowest BCUT2D eigenvalue weighted by atomic mass is 10.2. The Labute approximate surface area is 89.4 Å². The van der Waals surface area contributed by atoms with E-state index in [0.717, 1.165) is 11.3 Å². The average molecular weight is 211 g/mol. The van der Waals surface area contributed by atoms with Crippen molar-refractivity contribution in [2.24, 2.45) is 7.05 Å². The number of esters is 1. The molecule has 0 radical (unpaired) electrons. The maximum absolute atomic E-state index is 11.1. The molecule has 0 fully saturated rings. The highest BCUT2D eigenvalue weighted by molar-refractivity contribution is 5.75. The highest BCUT2D eigenvalue weighted by Crippen LogP contribution is 2.05. The predicted octanol–water partition coefficient (Wildman–Crippen LogP) is 0.380. The van der Waals surface area contributed by atoms with Crippen LogP contribution in [-0.2, 0) is 23.1 Å². The fourth-order valence-corrected chi connectivity index (χ4v) is 1.24. The summed E-state index contributed by atoms with van der Waals surface area (Å²) in [5.74, 6) is -0.253. The largest absolute Gasteiger partial charge is 0.468 e. The van der Waals surface area contributed by atoms with Crippen molar-refractivity contribution in [3.63, 3.8) is 0 Å². The summed E-state index contributed by atoms with van der Waals surface area (Å²) in [6.07, 6.45) is 1.80. The van der Waals surface area contributed by atoms with E-state index in [4.69, 9.17) is 0 Å². The number of ether oxygens (including phenoxy) is 1. The van der Waals surface area contributed by atoms with Crippen LogP contribution < -0.4 is 5.32 Å². The van der Waals surface area contributed by atoms with Gasteiger partial charge in [-0.3, -0.25) is 9.48 Å². The van der Waals surface area contributed by atoms with Crippen LogP contribution in [0.15, 0.2) is 6.20 Å². The van der Waals surface area contributed by atoms with Crippen LogP contribution in [0.5, 0.6) is 0 Å². The SMILES string of the molecule is COC(=O)[C@H](C)NCc1cnn(C)c1C. The Morgan fingerprint density at radius 3 is 2.87 bits per heavy atom. The molecule has 1 heterocycles. The van der Waals surface area contributed by atoms with Crippen molar-refractivity contribution >= 4 is 5.97 Å². The van der Waals surface area contributed by atoms with Gasteiger partial charge < -0.3 is 10.1 Å². The summed E-state index contributed by atoms with van der Waals surface area (Å²) in [4.78, 5) is 11.1. The molecule has 0 aliphatic rings. The average Bonchev–Trinajstić information content (AvgIpc) is 2.55. The normalized spacial score (nSPS) is 12.5. The number of hydrogen-bond donors (Lipinski definition) is 1. The van der Waals surface area contributed by atoms with Gasteiger partial charge in [0.2, 0.25) is 0 Å². The second-order valence-corrected chi connectivity index (χ2v) is 3.50. The van der Waals surface area contributed by atoms with Crippen LogP contribution in [0.2, 0.25) is 0 Å². The minimum absolute atomic E-state index is 0.253. The van der Waals surface area contributed by atoms with Crippen LogP contribution in [0.4, 0.5) is 0 Å². The summed E-state index contributed by atoms with van der Waals surface area (Å²) in [5, 5.41) is 7.20. The Bertz CT molecular complexity index is 346. The highest BCUT2D eigenvalue weighted by atomic mass is 16.5. The number of hydrogen-bond acceptors (Lipinski definition) is 4. The lowest BCUT2D eigenvalue weighted by Crippen LogP contribution is -2.34. The number of aromatic nitrogens is 2. The number of nitrogens with one attached hydrogen (secondary N) is 1. The van der Waals surface area contributed by atoms with Crippen molar-refractivity contribution < 1.29 is 9.53 Å². The molecule has 1 N–H and O–H groups in total. The fourth-order valence-electron chi connectivity index (χ4n) is 1.24. The highest BCUT2D eigenvalue weighted by Gasteiger charge is 2.13. The minimum atomic E-state index is -0.297. The second kappa shape index (κ2) is 4.93. The molecule has 1 rings (SSSR count). The van der Waals surface area contributed by atoms with E-state index in [1.165, 1.54) is 7.11 Å². The molecule has 0 saturated heterocycles. The molecular weight excluding hydrogens is 194 g/mol. The number of rotatable bonds is 4. The van der Waals surface area contributed by atoms with Gasteiger partial charge in [-0.05, 0) is 13.8 Å². The first kappa shape index (κ1) is 11.7. The van der Waals surface area contributed by atoms with Crippen LogP contribution in [0.3, 0.4) is 0 Å². The molecule has 5 nitrogen and oxygen atoms in total. The predicted molar refractivity (Wildman–Crippen MR) is 56.3 cm³/mol. The van der Waals surface area contributed by atoms with Crippen molar-refractivity contribution in [3.8, 4) is 0 Å². The van der Waals surface area contributed by atoms with Crippen molar-refractivity contribution in [2.45, 2.75) is 26.4 Å². The van der Waals surface area contributed by atoms with Crippen LogP contribution in [0, 0.1) is 6.92 Å². The number of methoxy groups -OCH3 is 1. The molecule has 0 spiro atoms. The standard InChI is InChI=1S/C10H17N3O2/c1-7(10(14)15-4)11-5-9-6-12-13(3)8(9)2/h6-7,11H,5H2,1-4H3/t7-/m0/s1. The van der Waals surface area contributed by atoms with Gasteiger partial charge in [0.15, 0.2) is 0 Å². The smallest absolute Gasteiger partial charge is 0.322 e. The van der Waals surface area contributed by atoms with Gasteiger partial charge in [0, 0.05) is 24.8 Å². The third-order valence-electron chi connectivity index (χ3n) is 2.49. The van der Waals surface area contributed by atoms with Crippen molar-refractivity contribution in [1.82, 2.24) is 15.1 Å². The van der Waals surface area contributed by atoms with Crippen LogP contribution in [0.1, 0.15) is 18.2 Å². The molecule has 1 aromatic rings. The lowest BCUT2D eigenvalue weighted by Gasteiger charge is -2.10. The van der Waals surface area contributed by atoms with Gasteiger partial charge in [0.1, 0.15) is 6.04 Å². The molecule has 0 amide bonds. The van der Waals surface area contributed by atoms with Crippen LogP contribution >= 0.6 is 0 Å². The molecular formula is C10H17N3O2. The summed E-state index contributed by atoms with van der Waals surface area (Å²) >= 11 is 0. The van der Waals surface area contributed by atoms with E-state index in [1.54, 1.807) is 17.8 Å². The Balaban J connectivity index is 2.50. The van der Waals surface area contributed by atoms with Gasteiger partial charge in [0.05, 0.1) is 13.3 Å².